The summed E-state index contributed by atoms with van der Waals surface area (Å²) in [5.74, 6) is 0.788. The van der Waals surface area contributed by atoms with Gasteiger partial charge in [0.05, 0.1) is 11.1 Å². The van der Waals surface area contributed by atoms with Gasteiger partial charge in [-0.05, 0) is 31.0 Å². The highest BCUT2D eigenvalue weighted by Crippen LogP contribution is 2.34. The second-order valence-electron chi connectivity index (χ2n) is 6.28. The first-order chi connectivity index (χ1) is 13.1. The molecule has 0 spiro atoms. The van der Waals surface area contributed by atoms with Gasteiger partial charge in [0, 0.05) is 37.2 Å². The number of hydrogen-bond acceptors (Lipinski definition) is 5. The summed E-state index contributed by atoms with van der Waals surface area (Å²) in [5, 5.41) is 2.79. The van der Waals surface area contributed by atoms with Gasteiger partial charge in [-0.1, -0.05) is 13.8 Å². The third-order valence-corrected chi connectivity index (χ3v) is 4.15. The lowest BCUT2D eigenvalue weighted by Gasteiger charge is -2.21. The largest absolute Gasteiger partial charge is 0.454 e. The van der Waals surface area contributed by atoms with Crippen LogP contribution in [0.25, 0.3) is 0 Å². The monoisotopic (exact) mass is 369 g/mol. The smallest absolute Gasteiger partial charge is 0.257 e. The minimum absolute atomic E-state index is 0.107. The molecule has 0 unspecified atom stereocenters. The van der Waals surface area contributed by atoms with Crippen molar-refractivity contribution in [3.05, 3.63) is 47.8 Å². The Hall–Kier alpha value is -3.09. The van der Waals surface area contributed by atoms with Gasteiger partial charge in [0.15, 0.2) is 11.5 Å². The summed E-state index contributed by atoms with van der Waals surface area (Å²) in [6.07, 6.45) is 4.70. The minimum Gasteiger partial charge on any atom is -0.454 e. The van der Waals surface area contributed by atoms with E-state index in [0.29, 0.717) is 41.4 Å². The number of anilines is 1. The molecule has 1 aliphatic rings. The van der Waals surface area contributed by atoms with Crippen molar-refractivity contribution in [2.75, 3.05) is 25.2 Å². The Morgan fingerprint density at radius 3 is 2.48 bits per heavy atom. The van der Waals surface area contributed by atoms with E-state index in [1.165, 1.54) is 12.4 Å². The zero-order chi connectivity index (χ0) is 19.2. The summed E-state index contributed by atoms with van der Waals surface area (Å²) < 4.78 is 10.6. The van der Waals surface area contributed by atoms with Gasteiger partial charge in [0.25, 0.3) is 11.8 Å². The molecule has 1 aliphatic heterocycles. The fourth-order valence-corrected chi connectivity index (χ4v) is 2.90. The summed E-state index contributed by atoms with van der Waals surface area (Å²) in [6, 6.07) is 6.75. The lowest BCUT2D eigenvalue weighted by atomic mass is 10.1. The quantitative estimate of drug-likeness (QED) is 0.810. The van der Waals surface area contributed by atoms with Crippen LogP contribution in [-0.4, -0.2) is 41.6 Å². The van der Waals surface area contributed by atoms with Crippen LogP contribution in [-0.2, 0) is 0 Å². The molecule has 27 heavy (non-hydrogen) atoms. The summed E-state index contributed by atoms with van der Waals surface area (Å²) in [4.78, 5) is 31.1. The lowest BCUT2D eigenvalue weighted by molar-refractivity contribution is 0.0755. The number of nitrogens with zero attached hydrogens (tertiary/aromatic N) is 2. The average molecular weight is 369 g/mol. The first-order valence-electron chi connectivity index (χ1n) is 9.07. The summed E-state index contributed by atoms with van der Waals surface area (Å²) in [6.45, 7) is 5.60. The number of ether oxygens (including phenoxy) is 2. The maximum atomic E-state index is 12.7. The van der Waals surface area contributed by atoms with E-state index < -0.39 is 0 Å². The number of rotatable bonds is 7. The fraction of sp³-hybridized carbons (Fsp3) is 0.350. The van der Waals surface area contributed by atoms with Crippen LogP contribution in [0.15, 0.2) is 36.7 Å². The summed E-state index contributed by atoms with van der Waals surface area (Å²) in [7, 11) is 0. The molecule has 0 bridgehead atoms. The molecule has 3 rings (SSSR count). The number of aromatic nitrogens is 1. The standard InChI is InChI=1S/C20H23N3O4/c1-3-7-23(8-4-2)20(25)15-9-14(11-21-12-15)19(24)22-16-5-6-17-18(10-16)27-13-26-17/h5-6,9-12H,3-4,7-8,13H2,1-2H3,(H,22,24). The molecular weight excluding hydrogens is 346 g/mol. The molecule has 7 nitrogen and oxygen atoms in total. The van der Waals surface area contributed by atoms with Gasteiger partial charge >= 0.3 is 0 Å². The Balaban J connectivity index is 1.74. The zero-order valence-electron chi connectivity index (χ0n) is 15.5. The minimum atomic E-state index is -0.339. The van der Waals surface area contributed by atoms with E-state index in [0.717, 1.165) is 12.8 Å². The number of nitrogens with one attached hydrogen (secondary N) is 1. The maximum Gasteiger partial charge on any atom is 0.257 e. The van der Waals surface area contributed by atoms with Gasteiger partial charge in [0.1, 0.15) is 0 Å². The predicted molar refractivity (Wildman–Crippen MR) is 101 cm³/mol. The molecule has 0 radical (unpaired) electrons. The molecule has 142 valence electrons. The Morgan fingerprint density at radius 1 is 1.04 bits per heavy atom. The highest BCUT2D eigenvalue weighted by molar-refractivity contribution is 6.06. The predicted octanol–water partition coefficient (Wildman–Crippen LogP) is 3.32. The molecule has 0 aliphatic carbocycles. The summed E-state index contributed by atoms with van der Waals surface area (Å²) >= 11 is 0. The van der Waals surface area contributed by atoms with Crippen LogP contribution in [0.2, 0.25) is 0 Å². The topological polar surface area (TPSA) is 80.8 Å². The van der Waals surface area contributed by atoms with Crippen LogP contribution in [0.4, 0.5) is 5.69 Å². The molecule has 2 amide bonds. The van der Waals surface area contributed by atoms with E-state index in [2.05, 4.69) is 10.3 Å². The van der Waals surface area contributed by atoms with Gasteiger partial charge in [0.2, 0.25) is 6.79 Å². The van der Waals surface area contributed by atoms with E-state index >= 15 is 0 Å². The van der Waals surface area contributed by atoms with E-state index in [1.807, 2.05) is 13.8 Å². The Bertz CT molecular complexity index is 832. The van der Waals surface area contributed by atoms with Crippen molar-refractivity contribution in [3.8, 4) is 11.5 Å². The first kappa shape index (κ1) is 18.7. The number of carbonyl (C=O) groups excluding carboxylic acids is 2. The van der Waals surface area contributed by atoms with Gasteiger partial charge in [-0.25, -0.2) is 0 Å². The molecule has 0 atom stereocenters. The van der Waals surface area contributed by atoms with Crippen LogP contribution in [0.1, 0.15) is 47.4 Å². The molecule has 1 aromatic carbocycles. The van der Waals surface area contributed by atoms with Crippen molar-refractivity contribution in [2.45, 2.75) is 26.7 Å². The second-order valence-corrected chi connectivity index (χ2v) is 6.28. The van der Waals surface area contributed by atoms with Gasteiger partial charge < -0.3 is 19.7 Å². The van der Waals surface area contributed by atoms with Crippen molar-refractivity contribution in [1.29, 1.82) is 0 Å². The number of hydrogen-bond donors (Lipinski definition) is 1. The molecule has 0 saturated carbocycles. The highest BCUT2D eigenvalue weighted by atomic mass is 16.7. The Kier molecular flexibility index (Phi) is 5.90. The number of fused-ring (bicyclic) bond motifs is 1. The molecular formula is C20H23N3O4. The van der Waals surface area contributed by atoms with Gasteiger partial charge in [-0.2, -0.15) is 0 Å². The van der Waals surface area contributed by atoms with Crippen molar-refractivity contribution < 1.29 is 19.1 Å². The third kappa shape index (κ3) is 4.36. The van der Waals surface area contributed by atoms with Crippen LogP contribution in [0.3, 0.4) is 0 Å². The zero-order valence-corrected chi connectivity index (χ0v) is 15.5. The van der Waals surface area contributed by atoms with E-state index in [-0.39, 0.29) is 18.6 Å². The van der Waals surface area contributed by atoms with E-state index in [4.69, 9.17) is 9.47 Å². The molecule has 1 N–H and O–H groups in total. The van der Waals surface area contributed by atoms with Crippen LogP contribution in [0.5, 0.6) is 11.5 Å². The molecule has 2 heterocycles. The molecule has 0 fully saturated rings. The SMILES string of the molecule is CCCN(CCC)C(=O)c1cncc(C(=O)Nc2ccc3c(c2)OCO3)c1. The van der Waals surface area contributed by atoms with Crippen molar-refractivity contribution in [1.82, 2.24) is 9.88 Å². The van der Waals surface area contributed by atoms with Crippen LogP contribution >= 0.6 is 0 Å². The van der Waals surface area contributed by atoms with E-state index in [9.17, 15) is 9.59 Å². The number of benzene rings is 1. The molecule has 7 heteroatoms. The van der Waals surface area contributed by atoms with Crippen LogP contribution in [0, 0.1) is 0 Å². The second kappa shape index (κ2) is 8.53. The van der Waals surface area contributed by atoms with Gasteiger partial charge in [-0.15, -0.1) is 0 Å². The third-order valence-electron chi connectivity index (χ3n) is 4.15. The van der Waals surface area contributed by atoms with Crippen molar-refractivity contribution >= 4 is 17.5 Å². The highest BCUT2D eigenvalue weighted by Gasteiger charge is 2.18. The molecule has 1 aromatic heterocycles. The Morgan fingerprint density at radius 2 is 1.74 bits per heavy atom. The fourth-order valence-electron chi connectivity index (χ4n) is 2.90. The number of amides is 2. The van der Waals surface area contributed by atoms with Crippen molar-refractivity contribution in [3.63, 3.8) is 0 Å². The summed E-state index contributed by atoms with van der Waals surface area (Å²) in [5.41, 5.74) is 1.32. The molecule has 0 saturated heterocycles. The first-order valence-corrected chi connectivity index (χ1v) is 9.07. The normalized spacial score (nSPS) is 11.9. The van der Waals surface area contributed by atoms with E-state index in [1.54, 1.807) is 29.2 Å². The Labute approximate surface area is 158 Å². The number of carbonyl (C=O) groups is 2. The van der Waals surface area contributed by atoms with Gasteiger partial charge in [-0.3, -0.25) is 14.6 Å². The van der Waals surface area contributed by atoms with Crippen molar-refractivity contribution in [2.24, 2.45) is 0 Å². The lowest BCUT2D eigenvalue weighted by Crippen LogP contribution is -2.32. The maximum absolute atomic E-state index is 12.7. The molecule has 2 aromatic rings. The van der Waals surface area contributed by atoms with Crippen LogP contribution < -0.4 is 14.8 Å². The average Bonchev–Trinajstić information content (AvgIpc) is 3.15. The number of pyridine rings is 1.